The molecule has 132 valence electrons. The third-order valence-corrected chi connectivity index (χ3v) is 3.26. The Morgan fingerprint density at radius 3 is 2.77 bits per heavy atom. The van der Waals surface area contributed by atoms with E-state index in [9.17, 15) is 20.2 Å². The molecule has 26 heavy (non-hydrogen) atoms. The minimum absolute atomic E-state index is 0.109. The van der Waals surface area contributed by atoms with E-state index < -0.39 is 10.8 Å². The van der Waals surface area contributed by atoms with Crippen molar-refractivity contribution < 1.29 is 14.5 Å². The van der Waals surface area contributed by atoms with Crippen molar-refractivity contribution in [1.82, 2.24) is 4.98 Å². The molecule has 0 fully saturated rings. The number of nitriles is 1. The van der Waals surface area contributed by atoms with Gasteiger partial charge in [0.05, 0.1) is 23.8 Å². The first-order valence-corrected chi connectivity index (χ1v) is 7.39. The fraction of sp³-hybridized carbons (Fsp3) is 0.118. The molecule has 2 rings (SSSR count). The third kappa shape index (κ3) is 4.55. The molecule has 1 amide bonds. The Morgan fingerprint density at radius 2 is 2.15 bits per heavy atom. The van der Waals surface area contributed by atoms with Gasteiger partial charge in [0.15, 0.2) is 0 Å². The van der Waals surface area contributed by atoms with Crippen LogP contribution in [0.15, 0.2) is 48.2 Å². The molecule has 0 aliphatic rings. The minimum atomic E-state index is -0.695. The lowest BCUT2D eigenvalue weighted by Crippen LogP contribution is -2.15. The van der Waals surface area contributed by atoms with Gasteiger partial charge in [-0.15, -0.1) is 0 Å². The predicted molar refractivity (Wildman–Crippen MR) is 94.6 cm³/mol. The van der Waals surface area contributed by atoms with Gasteiger partial charge in [-0.05, 0) is 25.1 Å². The molecule has 2 aromatic rings. The van der Waals surface area contributed by atoms with Gasteiger partial charge in [0.1, 0.15) is 23.2 Å². The van der Waals surface area contributed by atoms with Crippen LogP contribution in [0.5, 0.6) is 5.75 Å². The van der Waals surface area contributed by atoms with Crippen molar-refractivity contribution in [2.75, 3.05) is 17.7 Å². The Labute approximate surface area is 149 Å². The number of methoxy groups -OCH3 is 1. The van der Waals surface area contributed by atoms with Crippen LogP contribution < -0.4 is 15.4 Å². The summed E-state index contributed by atoms with van der Waals surface area (Å²) in [6, 6.07) is 10.8. The quantitative estimate of drug-likeness (QED) is 0.353. The van der Waals surface area contributed by atoms with E-state index in [1.807, 2.05) is 13.0 Å². The Hall–Kier alpha value is -3.93. The molecule has 1 aromatic heterocycles. The van der Waals surface area contributed by atoms with Crippen molar-refractivity contribution in [3.8, 4) is 11.8 Å². The van der Waals surface area contributed by atoms with Crippen LogP contribution in [0.4, 0.5) is 17.2 Å². The number of anilines is 2. The first-order valence-electron chi connectivity index (χ1n) is 7.39. The van der Waals surface area contributed by atoms with Crippen LogP contribution in [0.2, 0.25) is 0 Å². The van der Waals surface area contributed by atoms with E-state index in [2.05, 4.69) is 15.6 Å². The molecule has 9 nitrogen and oxygen atoms in total. The van der Waals surface area contributed by atoms with Crippen LogP contribution in [-0.2, 0) is 4.79 Å². The summed E-state index contributed by atoms with van der Waals surface area (Å²) in [6.07, 6.45) is 1.23. The number of hydrogen-bond donors (Lipinski definition) is 2. The Bertz CT molecular complexity index is 918. The number of aromatic nitrogens is 1. The summed E-state index contributed by atoms with van der Waals surface area (Å²) in [6.45, 7) is 1.81. The topological polar surface area (TPSA) is 130 Å². The second kappa shape index (κ2) is 8.25. The molecule has 0 bridgehead atoms. The van der Waals surface area contributed by atoms with Crippen LogP contribution in [-0.4, -0.2) is 22.9 Å². The van der Waals surface area contributed by atoms with Gasteiger partial charge in [-0.3, -0.25) is 14.9 Å². The highest BCUT2D eigenvalue weighted by atomic mass is 16.6. The molecular formula is C17H15N5O4. The maximum Gasteiger partial charge on any atom is 0.273 e. The average molecular weight is 353 g/mol. The molecule has 0 saturated heterocycles. The lowest BCUT2D eigenvalue weighted by Gasteiger charge is -2.09. The van der Waals surface area contributed by atoms with Gasteiger partial charge in [-0.25, -0.2) is 4.98 Å². The van der Waals surface area contributed by atoms with E-state index in [-0.39, 0.29) is 22.7 Å². The molecule has 0 aliphatic heterocycles. The number of nitro benzene ring substituents is 1. The van der Waals surface area contributed by atoms with Gasteiger partial charge in [-0.1, -0.05) is 6.07 Å². The van der Waals surface area contributed by atoms with E-state index in [0.717, 1.165) is 5.69 Å². The highest BCUT2D eigenvalue weighted by molar-refractivity contribution is 6.07. The van der Waals surface area contributed by atoms with Crippen molar-refractivity contribution >= 4 is 23.1 Å². The zero-order valence-corrected chi connectivity index (χ0v) is 14.0. The fourth-order valence-corrected chi connectivity index (χ4v) is 2.00. The number of amides is 1. The summed E-state index contributed by atoms with van der Waals surface area (Å²) in [5.41, 5.74) is 0.608. The van der Waals surface area contributed by atoms with E-state index >= 15 is 0 Å². The number of non-ortho nitro benzene ring substituents is 1. The number of nitrogens with zero attached hydrogens (tertiary/aromatic N) is 3. The number of hydrogen-bond acceptors (Lipinski definition) is 7. The van der Waals surface area contributed by atoms with E-state index in [4.69, 9.17) is 4.74 Å². The molecule has 1 aromatic carbocycles. The Kier molecular flexibility index (Phi) is 5.84. The highest BCUT2D eigenvalue weighted by Gasteiger charge is 2.15. The van der Waals surface area contributed by atoms with Crippen LogP contribution in [0.25, 0.3) is 0 Å². The molecule has 0 unspecified atom stereocenters. The summed E-state index contributed by atoms with van der Waals surface area (Å²) in [5.74, 6) is -0.101. The number of carbonyl (C=O) groups excluding carboxylic acids is 1. The van der Waals surface area contributed by atoms with Gasteiger partial charge >= 0.3 is 0 Å². The lowest BCUT2D eigenvalue weighted by atomic mass is 10.2. The van der Waals surface area contributed by atoms with E-state index in [1.165, 1.54) is 31.5 Å². The first kappa shape index (κ1) is 18.4. The van der Waals surface area contributed by atoms with Gasteiger partial charge < -0.3 is 15.4 Å². The predicted octanol–water partition coefficient (Wildman–Crippen LogP) is 2.76. The third-order valence-electron chi connectivity index (χ3n) is 3.26. The highest BCUT2D eigenvalue weighted by Crippen LogP contribution is 2.29. The number of benzene rings is 1. The number of rotatable bonds is 6. The molecule has 0 aliphatic carbocycles. The second-order valence-electron chi connectivity index (χ2n) is 5.07. The molecule has 1 heterocycles. The summed E-state index contributed by atoms with van der Waals surface area (Å²) < 4.78 is 5.05. The van der Waals surface area contributed by atoms with Crippen molar-refractivity contribution in [2.24, 2.45) is 0 Å². The SMILES string of the molecule is COc1cc([N+](=O)[O-])ccc1NC(=O)/C(C#N)=C\Nc1cccc(C)n1. The monoisotopic (exact) mass is 353 g/mol. The summed E-state index contributed by atoms with van der Waals surface area (Å²) >= 11 is 0. The number of nitrogens with one attached hydrogen (secondary N) is 2. The maximum absolute atomic E-state index is 12.3. The Morgan fingerprint density at radius 1 is 1.38 bits per heavy atom. The molecule has 0 atom stereocenters. The van der Waals surface area contributed by atoms with E-state index in [1.54, 1.807) is 18.2 Å². The maximum atomic E-state index is 12.3. The van der Waals surface area contributed by atoms with E-state index in [0.29, 0.717) is 5.82 Å². The van der Waals surface area contributed by atoms with Crippen molar-refractivity contribution in [1.29, 1.82) is 5.26 Å². The fourth-order valence-electron chi connectivity index (χ4n) is 2.00. The summed E-state index contributed by atoms with van der Waals surface area (Å²) in [5, 5.41) is 25.3. The molecule has 2 N–H and O–H groups in total. The summed E-state index contributed by atoms with van der Waals surface area (Å²) in [7, 11) is 1.32. The number of nitro groups is 1. The molecule has 0 saturated carbocycles. The second-order valence-corrected chi connectivity index (χ2v) is 5.07. The van der Waals surface area contributed by atoms with Crippen molar-refractivity contribution in [3.05, 3.63) is 64.0 Å². The number of carbonyl (C=O) groups is 1. The van der Waals surface area contributed by atoms with Crippen LogP contribution >= 0.6 is 0 Å². The smallest absolute Gasteiger partial charge is 0.273 e. The standard InChI is InChI=1S/C17H15N5O4/c1-11-4-3-5-16(20-11)19-10-12(9-18)17(23)21-14-7-6-13(22(24)25)8-15(14)26-2/h3-8,10H,1-2H3,(H,19,20)(H,21,23)/b12-10-. The molecular weight excluding hydrogens is 338 g/mol. The number of pyridine rings is 1. The zero-order valence-electron chi connectivity index (χ0n) is 14.0. The van der Waals surface area contributed by atoms with Crippen LogP contribution in [0.1, 0.15) is 5.69 Å². The summed E-state index contributed by atoms with van der Waals surface area (Å²) in [4.78, 5) is 26.7. The van der Waals surface area contributed by atoms with Crippen LogP contribution in [0.3, 0.4) is 0 Å². The zero-order chi connectivity index (χ0) is 19.1. The lowest BCUT2D eigenvalue weighted by molar-refractivity contribution is -0.384. The Balaban J connectivity index is 2.18. The van der Waals surface area contributed by atoms with Gasteiger partial charge in [0.2, 0.25) is 0 Å². The average Bonchev–Trinajstić information content (AvgIpc) is 2.62. The number of ether oxygens (including phenoxy) is 1. The van der Waals surface area contributed by atoms with Gasteiger partial charge in [0, 0.05) is 18.0 Å². The van der Waals surface area contributed by atoms with Crippen molar-refractivity contribution in [3.63, 3.8) is 0 Å². The van der Waals surface area contributed by atoms with Gasteiger partial charge in [0.25, 0.3) is 11.6 Å². The van der Waals surface area contributed by atoms with Crippen LogP contribution in [0, 0.1) is 28.4 Å². The molecule has 0 spiro atoms. The first-order chi connectivity index (χ1) is 12.4. The largest absolute Gasteiger partial charge is 0.494 e. The van der Waals surface area contributed by atoms with Gasteiger partial charge in [-0.2, -0.15) is 5.26 Å². The molecule has 9 heteroatoms. The van der Waals surface area contributed by atoms with Crippen molar-refractivity contribution in [2.45, 2.75) is 6.92 Å². The minimum Gasteiger partial charge on any atom is -0.494 e. The number of aryl methyl sites for hydroxylation is 1. The normalized spacial score (nSPS) is 10.6. The molecule has 0 radical (unpaired) electrons.